The highest BCUT2D eigenvalue weighted by Gasteiger charge is 2.43. The Balaban J connectivity index is 0.000000582. The van der Waals surface area contributed by atoms with Crippen LogP contribution in [0.3, 0.4) is 0 Å². The van der Waals surface area contributed by atoms with Crippen molar-refractivity contribution in [3.8, 4) is 5.88 Å². The van der Waals surface area contributed by atoms with Crippen molar-refractivity contribution in [3.05, 3.63) is 11.3 Å². The first-order valence-corrected chi connectivity index (χ1v) is 11.0. The van der Waals surface area contributed by atoms with Crippen LogP contribution in [0.15, 0.2) is 5.16 Å². The van der Waals surface area contributed by atoms with E-state index in [1.807, 2.05) is 0 Å². The first-order valence-electron chi connectivity index (χ1n) is 9.32. The van der Waals surface area contributed by atoms with E-state index < -0.39 is 68.2 Å². The van der Waals surface area contributed by atoms with Crippen molar-refractivity contribution in [1.29, 1.82) is 0 Å². The van der Waals surface area contributed by atoms with Gasteiger partial charge >= 0.3 is 18.8 Å². The zero-order valence-electron chi connectivity index (χ0n) is 18.4. The van der Waals surface area contributed by atoms with Gasteiger partial charge in [-0.15, -0.1) is 0 Å². The number of oxime groups is 1. The molecule has 2 heterocycles. The van der Waals surface area contributed by atoms with E-state index >= 15 is 0 Å². The lowest BCUT2D eigenvalue weighted by atomic mass is 10.1. The molecule has 0 bridgehead atoms. The minimum atomic E-state index is -5.06. The molecule has 16 heteroatoms. The molecule has 0 radical (unpaired) electrons. The third-order valence-electron chi connectivity index (χ3n) is 4.23. The van der Waals surface area contributed by atoms with E-state index in [9.17, 15) is 35.2 Å². The number of sulfone groups is 1. The molecule has 1 aliphatic heterocycles. The van der Waals surface area contributed by atoms with E-state index in [1.165, 1.54) is 13.8 Å². The summed E-state index contributed by atoms with van der Waals surface area (Å²) in [6.07, 6.45) is -5.22. The molecule has 190 valence electrons. The van der Waals surface area contributed by atoms with Crippen LogP contribution in [0.25, 0.3) is 0 Å². The summed E-state index contributed by atoms with van der Waals surface area (Å²) >= 11 is 0. The lowest BCUT2D eigenvalue weighted by Crippen LogP contribution is -2.34. The average molecular weight is 508 g/mol. The van der Waals surface area contributed by atoms with Crippen molar-refractivity contribution in [2.75, 3.05) is 0 Å². The fourth-order valence-electron chi connectivity index (χ4n) is 2.47. The van der Waals surface area contributed by atoms with Crippen molar-refractivity contribution in [3.63, 3.8) is 0 Å². The number of aromatic nitrogens is 2. The molecule has 0 spiro atoms. The SMILES string of the molecule is CC(C)[C@H](N)C(=O)O.Cn1nc(C(F)(F)F)c(CS(=O)(=O)C2=NOC(C)(C)C2)c1OC(F)F. The van der Waals surface area contributed by atoms with Crippen LogP contribution in [-0.2, 0) is 38.4 Å². The lowest BCUT2D eigenvalue weighted by Gasteiger charge is -2.13. The van der Waals surface area contributed by atoms with E-state index in [-0.39, 0.29) is 12.3 Å². The van der Waals surface area contributed by atoms with E-state index in [1.54, 1.807) is 13.8 Å². The van der Waals surface area contributed by atoms with Crippen molar-refractivity contribution >= 4 is 20.9 Å². The van der Waals surface area contributed by atoms with Crippen molar-refractivity contribution in [1.82, 2.24) is 9.78 Å². The van der Waals surface area contributed by atoms with Crippen molar-refractivity contribution in [2.45, 2.75) is 64.3 Å². The lowest BCUT2D eigenvalue weighted by molar-refractivity contribution is -0.142. The van der Waals surface area contributed by atoms with Crippen LogP contribution in [0.4, 0.5) is 22.0 Å². The Hall–Kier alpha value is -2.49. The number of ether oxygens (including phenoxy) is 1. The summed E-state index contributed by atoms with van der Waals surface area (Å²) in [4.78, 5) is 14.9. The highest BCUT2D eigenvalue weighted by molar-refractivity contribution is 8.05. The third kappa shape index (κ3) is 7.80. The molecule has 0 aromatic carbocycles. The molecule has 0 fully saturated rings. The highest BCUT2D eigenvalue weighted by Crippen LogP contribution is 2.38. The molecule has 0 saturated heterocycles. The second-order valence-corrected chi connectivity index (χ2v) is 10.0. The first kappa shape index (κ1) is 28.5. The number of alkyl halides is 5. The first-order chi connectivity index (χ1) is 14.8. The maximum Gasteiger partial charge on any atom is 0.435 e. The van der Waals surface area contributed by atoms with Gasteiger partial charge in [0, 0.05) is 13.5 Å². The number of nitrogens with two attached hydrogens (primary N) is 1. The Morgan fingerprint density at radius 1 is 1.33 bits per heavy atom. The number of carbonyl (C=O) groups is 1. The van der Waals surface area contributed by atoms with Gasteiger partial charge in [-0.2, -0.15) is 27.1 Å². The van der Waals surface area contributed by atoms with Gasteiger partial charge in [0.05, 0.1) is 11.3 Å². The summed E-state index contributed by atoms with van der Waals surface area (Å²) < 4.78 is 93.4. The van der Waals surface area contributed by atoms with Gasteiger partial charge in [-0.3, -0.25) is 4.79 Å². The predicted octanol–water partition coefficient (Wildman–Crippen LogP) is 2.52. The predicted molar refractivity (Wildman–Crippen MR) is 105 cm³/mol. The zero-order chi connectivity index (χ0) is 25.9. The van der Waals surface area contributed by atoms with Crippen LogP contribution in [0.2, 0.25) is 0 Å². The number of carboxylic acid groups (broad SMARTS) is 1. The van der Waals surface area contributed by atoms with Gasteiger partial charge in [0.15, 0.2) is 20.6 Å². The smallest absolute Gasteiger partial charge is 0.435 e. The van der Waals surface area contributed by atoms with Gasteiger partial charge in [0.1, 0.15) is 11.6 Å². The summed E-state index contributed by atoms with van der Waals surface area (Å²) in [7, 11) is -3.43. The maximum atomic E-state index is 13.1. The summed E-state index contributed by atoms with van der Waals surface area (Å²) in [6.45, 7) is 3.17. The zero-order valence-corrected chi connectivity index (χ0v) is 19.2. The molecule has 0 amide bonds. The van der Waals surface area contributed by atoms with Crippen LogP contribution in [0.1, 0.15) is 45.4 Å². The van der Waals surface area contributed by atoms with Crippen LogP contribution in [0.5, 0.6) is 5.88 Å². The van der Waals surface area contributed by atoms with Crippen LogP contribution >= 0.6 is 0 Å². The van der Waals surface area contributed by atoms with Gasteiger partial charge < -0.3 is 20.4 Å². The number of aryl methyl sites for hydroxylation is 1. The normalized spacial score (nSPS) is 16.7. The molecule has 1 atom stereocenters. The van der Waals surface area contributed by atoms with Gasteiger partial charge in [-0.05, 0) is 19.8 Å². The van der Waals surface area contributed by atoms with Crippen molar-refractivity contribution in [2.24, 2.45) is 23.9 Å². The molecule has 1 aromatic heterocycles. The Labute approximate surface area is 186 Å². The van der Waals surface area contributed by atoms with Crippen LogP contribution in [-0.4, -0.2) is 52.6 Å². The number of nitrogens with zero attached hydrogens (tertiary/aromatic N) is 3. The Morgan fingerprint density at radius 2 is 1.88 bits per heavy atom. The molecule has 1 aliphatic rings. The Kier molecular flexibility index (Phi) is 8.82. The van der Waals surface area contributed by atoms with Crippen molar-refractivity contribution < 1.29 is 49.8 Å². The monoisotopic (exact) mass is 508 g/mol. The number of hydrogen-bond donors (Lipinski definition) is 2. The largest absolute Gasteiger partial charge is 0.480 e. The molecule has 0 unspecified atom stereocenters. The Bertz CT molecular complexity index is 989. The fraction of sp³-hybridized carbons (Fsp3) is 0.706. The van der Waals surface area contributed by atoms with Gasteiger partial charge in [-0.25, -0.2) is 13.1 Å². The van der Waals surface area contributed by atoms with Crippen LogP contribution in [0, 0.1) is 5.92 Å². The summed E-state index contributed by atoms with van der Waals surface area (Å²) in [5.41, 5.74) is 1.59. The van der Waals surface area contributed by atoms with E-state index in [0.717, 1.165) is 7.05 Å². The number of halogens is 5. The molecular weight excluding hydrogens is 483 g/mol. The minimum absolute atomic E-state index is 0.0208. The molecule has 3 N–H and O–H groups in total. The second kappa shape index (κ2) is 10.2. The molecule has 0 aliphatic carbocycles. The number of hydrogen-bond acceptors (Lipinski definition) is 8. The molecule has 1 aromatic rings. The van der Waals surface area contributed by atoms with E-state index in [0.29, 0.717) is 4.68 Å². The quantitative estimate of drug-likeness (QED) is 0.558. The standard InChI is InChI=1S/C12H14F5N3O4S.C5H11NO2/c1-11(2)4-7(19-24-11)25(21,22)5-6-8(12(15,16)17)18-20(3)9(6)23-10(13)14;1-3(2)4(6)5(7)8/h10H,4-5H2,1-3H3;3-4H,6H2,1-2H3,(H,7,8)/t;4-/m.0/s1. The maximum absolute atomic E-state index is 13.1. The topological polar surface area (TPSA) is 146 Å². The molecule has 0 saturated carbocycles. The Morgan fingerprint density at radius 3 is 2.21 bits per heavy atom. The van der Waals surface area contributed by atoms with E-state index in [4.69, 9.17) is 15.7 Å². The molecule has 10 nitrogen and oxygen atoms in total. The highest BCUT2D eigenvalue weighted by atomic mass is 32.2. The number of rotatable bonds is 6. The van der Waals surface area contributed by atoms with E-state index in [2.05, 4.69) is 15.0 Å². The summed E-state index contributed by atoms with van der Waals surface area (Å²) in [5.74, 6) is -3.15. The van der Waals surface area contributed by atoms with Gasteiger partial charge in [0.25, 0.3) is 0 Å². The summed E-state index contributed by atoms with van der Waals surface area (Å²) in [5, 5.41) is 14.2. The van der Waals surface area contributed by atoms with Crippen LogP contribution < -0.4 is 10.5 Å². The molecule has 2 rings (SSSR count). The molecular formula is C17H25F5N4O6S. The van der Waals surface area contributed by atoms with Gasteiger partial charge in [0.2, 0.25) is 5.88 Å². The van der Waals surface area contributed by atoms with Gasteiger partial charge in [-0.1, -0.05) is 19.0 Å². The minimum Gasteiger partial charge on any atom is -0.480 e. The summed E-state index contributed by atoms with van der Waals surface area (Å²) in [6, 6.07) is -0.713. The molecule has 33 heavy (non-hydrogen) atoms. The average Bonchev–Trinajstić information content (AvgIpc) is 3.15. The third-order valence-corrected chi connectivity index (χ3v) is 5.83. The second-order valence-electron chi connectivity index (χ2n) is 8.01. The number of aliphatic carboxylic acids is 1. The number of carboxylic acids is 1. The fourth-order valence-corrected chi connectivity index (χ4v) is 4.00.